The highest BCUT2D eigenvalue weighted by molar-refractivity contribution is 7.92. The molecule has 3 rings (SSSR count). The monoisotopic (exact) mass is 402 g/mol. The normalized spacial score (nSPS) is 14.8. The van der Waals surface area contributed by atoms with Crippen LogP contribution in [0.15, 0.2) is 41.3 Å². The van der Waals surface area contributed by atoms with Crippen molar-refractivity contribution in [3.63, 3.8) is 0 Å². The van der Waals surface area contributed by atoms with Crippen LogP contribution in [-0.2, 0) is 14.8 Å². The van der Waals surface area contributed by atoms with E-state index in [4.69, 9.17) is 23.2 Å². The molecule has 0 saturated carbocycles. The molecule has 0 spiro atoms. The maximum atomic E-state index is 14.3. The Labute approximate surface area is 154 Å². The molecule has 0 aliphatic carbocycles. The van der Waals surface area contributed by atoms with E-state index in [1.54, 1.807) is 0 Å². The summed E-state index contributed by atoms with van der Waals surface area (Å²) in [7, 11) is -4.04. The Kier molecular flexibility index (Phi) is 4.90. The number of nitrogens with zero attached hydrogens (tertiary/aromatic N) is 1. The number of halogens is 3. The van der Waals surface area contributed by atoms with Crippen molar-refractivity contribution in [2.45, 2.75) is 17.7 Å². The van der Waals surface area contributed by atoms with Crippen molar-refractivity contribution in [1.82, 2.24) is 0 Å². The highest BCUT2D eigenvalue weighted by atomic mass is 35.5. The van der Waals surface area contributed by atoms with Crippen molar-refractivity contribution in [2.24, 2.45) is 0 Å². The fourth-order valence-electron chi connectivity index (χ4n) is 2.59. The van der Waals surface area contributed by atoms with E-state index in [2.05, 4.69) is 4.72 Å². The third-order valence-corrected chi connectivity index (χ3v) is 5.84. The fraction of sp³-hybridized carbons (Fsp3) is 0.188. The van der Waals surface area contributed by atoms with Crippen LogP contribution < -0.4 is 9.62 Å². The van der Waals surface area contributed by atoms with E-state index in [-0.39, 0.29) is 32.2 Å². The molecule has 0 unspecified atom stereocenters. The number of carbonyl (C=O) groups excluding carboxylic acids is 1. The van der Waals surface area contributed by atoms with Crippen LogP contribution in [0.5, 0.6) is 0 Å². The Morgan fingerprint density at radius 2 is 1.88 bits per heavy atom. The summed E-state index contributed by atoms with van der Waals surface area (Å²) < 4.78 is 41.5. The van der Waals surface area contributed by atoms with Gasteiger partial charge in [-0.05, 0) is 36.8 Å². The average molecular weight is 403 g/mol. The summed E-state index contributed by atoms with van der Waals surface area (Å²) in [5.74, 6) is -0.842. The van der Waals surface area contributed by atoms with Crippen molar-refractivity contribution in [1.29, 1.82) is 0 Å². The maximum absolute atomic E-state index is 14.3. The molecule has 2 aromatic carbocycles. The Hall–Kier alpha value is -1.83. The zero-order valence-corrected chi connectivity index (χ0v) is 15.1. The van der Waals surface area contributed by atoms with Gasteiger partial charge in [0.1, 0.15) is 10.7 Å². The summed E-state index contributed by atoms with van der Waals surface area (Å²) in [4.78, 5) is 12.9. The predicted molar refractivity (Wildman–Crippen MR) is 95.3 cm³/mol. The minimum atomic E-state index is -4.04. The fourth-order valence-corrected chi connectivity index (χ4v) is 4.40. The molecule has 9 heteroatoms. The number of sulfonamides is 1. The van der Waals surface area contributed by atoms with Crippen LogP contribution in [0.1, 0.15) is 12.8 Å². The number of hydrogen-bond acceptors (Lipinski definition) is 3. The van der Waals surface area contributed by atoms with Gasteiger partial charge in [0, 0.05) is 24.1 Å². The molecule has 1 aliphatic heterocycles. The van der Waals surface area contributed by atoms with E-state index < -0.39 is 15.8 Å². The summed E-state index contributed by atoms with van der Waals surface area (Å²) in [6.45, 7) is 0.443. The molecule has 132 valence electrons. The summed E-state index contributed by atoms with van der Waals surface area (Å²) in [6, 6.07) is 7.82. The number of anilines is 2. The van der Waals surface area contributed by atoms with Gasteiger partial charge in [-0.15, -0.1) is 0 Å². The molecule has 1 saturated heterocycles. The van der Waals surface area contributed by atoms with E-state index in [1.807, 2.05) is 0 Å². The first kappa shape index (κ1) is 18.0. The Bertz CT molecular complexity index is 950. The summed E-state index contributed by atoms with van der Waals surface area (Å²) in [5.41, 5.74) is 0.148. The van der Waals surface area contributed by atoms with Crippen LogP contribution >= 0.6 is 23.2 Å². The van der Waals surface area contributed by atoms with Crippen LogP contribution in [0.2, 0.25) is 10.0 Å². The smallest absolute Gasteiger partial charge is 0.263 e. The lowest BCUT2D eigenvalue weighted by Crippen LogP contribution is -2.24. The molecule has 25 heavy (non-hydrogen) atoms. The lowest BCUT2D eigenvalue weighted by atomic mass is 10.2. The van der Waals surface area contributed by atoms with Gasteiger partial charge >= 0.3 is 0 Å². The second-order valence-electron chi connectivity index (χ2n) is 5.50. The molecule has 0 aromatic heterocycles. The van der Waals surface area contributed by atoms with Gasteiger partial charge < -0.3 is 4.90 Å². The number of amides is 1. The van der Waals surface area contributed by atoms with E-state index in [9.17, 15) is 17.6 Å². The van der Waals surface area contributed by atoms with Crippen molar-refractivity contribution in [3.05, 3.63) is 52.3 Å². The van der Waals surface area contributed by atoms with Gasteiger partial charge in [0.2, 0.25) is 5.91 Å². The van der Waals surface area contributed by atoms with Gasteiger partial charge in [-0.2, -0.15) is 0 Å². The zero-order valence-electron chi connectivity index (χ0n) is 12.8. The Morgan fingerprint density at radius 1 is 1.12 bits per heavy atom. The molecule has 1 aliphatic rings. The van der Waals surface area contributed by atoms with E-state index in [1.165, 1.54) is 35.2 Å². The maximum Gasteiger partial charge on any atom is 0.263 e. The number of nitrogens with one attached hydrogen (secondary N) is 1. The van der Waals surface area contributed by atoms with Crippen LogP contribution in [-0.4, -0.2) is 20.9 Å². The first-order valence-corrected chi connectivity index (χ1v) is 9.59. The molecule has 0 atom stereocenters. The topological polar surface area (TPSA) is 66.5 Å². The summed E-state index contributed by atoms with van der Waals surface area (Å²) in [5, 5.41) is 0.204. The molecule has 0 radical (unpaired) electrons. The van der Waals surface area contributed by atoms with Crippen LogP contribution in [0.4, 0.5) is 15.8 Å². The summed E-state index contributed by atoms with van der Waals surface area (Å²) in [6.07, 6.45) is 1.04. The number of hydrogen-bond donors (Lipinski definition) is 1. The van der Waals surface area contributed by atoms with Gasteiger partial charge in [0.15, 0.2) is 0 Å². The largest absolute Gasteiger partial charge is 0.310 e. The standard InChI is InChI=1S/C16H13Cl2FN2O3S/c17-10-3-5-12(18)15(8-10)25(23,24)20-11-4-6-14(13(19)9-11)21-7-1-2-16(21)22/h3-6,8-9,20H,1-2,7H2. The molecule has 5 nitrogen and oxygen atoms in total. The minimum Gasteiger partial charge on any atom is -0.310 e. The lowest BCUT2D eigenvalue weighted by molar-refractivity contribution is -0.117. The molecule has 1 fully saturated rings. The molecule has 1 amide bonds. The highest BCUT2D eigenvalue weighted by Crippen LogP contribution is 2.30. The lowest BCUT2D eigenvalue weighted by Gasteiger charge is -2.17. The number of rotatable bonds is 4. The molecular formula is C16H13Cl2FN2O3S. The van der Waals surface area contributed by atoms with E-state index in [0.717, 1.165) is 6.07 Å². The van der Waals surface area contributed by atoms with E-state index >= 15 is 0 Å². The Balaban J connectivity index is 1.89. The third kappa shape index (κ3) is 3.73. The van der Waals surface area contributed by atoms with Crippen LogP contribution in [0.3, 0.4) is 0 Å². The first-order valence-electron chi connectivity index (χ1n) is 7.36. The highest BCUT2D eigenvalue weighted by Gasteiger charge is 2.25. The molecular weight excluding hydrogens is 390 g/mol. The molecule has 2 aromatic rings. The van der Waals surface area contributed by atoms with Gasteiger partial charge in [-0.3, -0.25) is 9.52 Å². The zero-order chi connectivity index (χ0) is 18.2. The van der Waals surface area contributed by atoms with Crippen molar-refractivity contribution >= 4 is 50.5 Å². The number of benzene rings is 2. The Morgan fingerprint density at radius 3 is 2.52 bits per heavy atom. The van der Waals surface area contributed by atoms with Crippen LogP contribution in [0, 0.1) is 5.82 Å². The first-order chi connectivity index (χ1) is 11.8. The van der Waals surface area contributed by atoms with Crippen molar-refractivity contribution in [3.8, 4) is 0 Å². The minimum absolute atomic E-state index is 0.00310. The second-order valence-corrected chi connectivity index (χ2v) is 7.99. The van der Waals surface area contributed by atoms with Crippen molar-refractivity contribution in [2.75, 3.05) is 16.2 Å². The molecule has 1 N–H and O–H groups in total. The van der Waals surface area contributed by atoms with Gasteiger partial charge in [-0.25, -0.2) is 12.8 Å². The second kappa shape index (κ2) is 6.82. The van der Waals surface area contributed by atoms with Gasteiger partial charge in [0.05, 0.1) is 16.4 Å². The average Bonchev–Trinajstić information content (AvgIpc) is 2.95. The van der Waals surface area contributed by atoms with Gasteiger partial charge in [-0.1, -0.05) is 23.2 Å². The summed E-state index contributed by atoms with van der Waals surface area (Å²) >= 11 is 11.7. The SMILES string of the molecule is O=C1CCCN1c1ccc(NS(=O)(=O)c2cc(Cl)ccc2Cl)cc1F. The van der Waals surface area contributed by atoms with Crippen LogP contribution in [0.25, 0.3) is 0 Å². The van der Waals surface area contributed by atoms with Gasteiger partial charge in [0.25, 0.3) is 10.0 Å². The quantitative estimate of drug-likeness (QED) is 0.838. The molecule has 0 bridgehead atoms. The number of carbonyl (C=O) groups is 1. The van der Waals surface area contributed by atoms with Crippen molar-refractivity contribution < 1.29 is 17.6 Å². The van der Waals surface area contributed by atoms with E-state index in [0.29, 0.717) is 19.4 Å². The molecule has 1 heterocycles. The third-order valence-electron chi connectivity index (χ3n) is 3.75. The predicted octanol–water partition coefficient (Wildman–Crippen LogP) is 4.06.